The molecule has 0 saturated carbocycles. The number of aromatic hydroxyl groups is 1. The van der Waals surface area contributed by atoms with Gasteiger partial charge < -0.3 is 10.4 Å². The average molecular weight is 363 g/mol. The molecule has 0 aromatic heterocycles. The standard InChI is InChI=1S/C14H10Cl3NO2S/c15-8-5-11(16)14(12(17)6-8)18-13(20)7-21-10-3-1-9(19)2-4-10/h1-6,19H,7H2,(H,18,20). The van der Waals surface area contributed by atoms with E-state index in [0.29, 0.717) is 10.7 Å². The molecular weight excluding hydrogens is 353 g/mol. The minimum Gasteiger partial charge on any atom is -0.508 e. The number of rotatable bonds is 4. The average Bonchev–Trinajstić information content (AvgIpc) is 2.42. The Labute approximate surface area is 141 Å². The molecule has 0 fully saturated rings. The van der Waals surface area contributed by atoms with Crippen molar-refractivity contribution in [3.63, 3.8) is 0 Å². The third-order valence-corrected chi connectivity index (χ3v) is 4.30. The van der Waals surface area contributed by atoms with E-state index >= 15 is 0 Å². The lowest BCUT2D eigenvalue weighted by molar-refractivity contribution is -0.113. The molecule has 0 radical (unpaired) electrons. The van der Waals surface area contributed by atoms with E-state index in [9.17, 15) is 9.90 Å². The highest BCUT2D eigenvalue weighted by atomic mass is 35.5. The van der Waals surface area contributed by atoms with Gasteiger partial charge in [0.05, 0.1) is 21.5 Å². The predicted octanol–water partition coefficient (Wildman–Crippen LogP) is 5.08. The number of phenolic OH excluding ortho intramolecular Hbond substituents is 1. The molecular formula is C14H10Cl3NO2S. The van der Waals surface area contributed by atoms with E-state index in [2.05, 4.69) is 5.32 Å². The van der Waals surface area contributed by atoms with Gasteiger partial charge in [0.1, 0.15) is 5.75 Å². The van der Waals surface area contributed by atoms with Crippen LogP contribution in [0.2, 0.25) is 15.1 Å². The summed E-state index contributed by atoms with van der Waals surface area (Å²) in [5.41, 5.74) is 0.346. The first-order valence-corrected chi connectivity index (χ1v) is 7.94. The molecule has 2 aromatic rings. The zero-order chi connectivity index (χ0) is 15.4. The Balaban J connectivity index is 1.97. The predicted molar refractivity (Wildman–Crippen MR) is 88.9 cm³/mol. The number of halogens is 3. The fourth-order valence-electron chi connectivity index (χ4n) is 1.53. The number of nitrogens with one attached hydrogen (secondary N) is 1. The fraction of sp³-hybridized carbons (Fsp3) is 0.0714. The third-order valence-electron chi connectivity index (χ3n) is 2.48. The summed E-state index contributed by atoms with van der Waals surface area (Å²) in [5.74, 6) is 0.141. The molecule has 0 unspecified atom stereocenters. The fourth-order valence-corrected chi connectivity index (χ4v) is 3.14. The first-order valence-electron chi connectivity index (χ1n) is 5.82. The second-order valence-electron chi connectivity index (χ2n) is 4.08. The van der Waals surface area contributed by atoms with Crippen molar-refractivity contribution in [2.24, 2.45) is 0 Å². The van der Waals surface area contributed by atoms with Crippen LogP contribution >= 0.6 is 46.6 Å². The Hall–Kier alpha value is -1.07. The molecule has 2 N–H and O–H groups in total. The Kier molecular flexibility index (Phi) is 5.65. The minimum atomic E-state index is -0.237. The molecule has 3 nitrogen and oxygen atoms in total. The minimum absolute atomic E-state index is 0.184. The molecule has 21 heavy (non-hydrogen) atoms. The van der Waals surface area contributed by atoms with Crippen LogP contribution in [0.1, 0.15) is 0 Å². The number of amides is 1. The summed E-state index contributed by atoms with van der Waals surface area (Å²) in [6, 6.07) is 9.61. The van der Waals surface area contributed by atoms with Crippen molar-refractivity contribution < 1.29 is 9.90 Å². The van der Waals surface area contributed by atoms with E-state index in [1.165, 1.54) is 23.9 Å². The largest absolute Gasteiger partial charge is 0.508 e. The van der Waals surface area contributed by atoms with Crippen LogP contribution < -0.4 is 5.32 Å². The maximum absolute atomic E-state index is 11.9. The molecule has 0 bridgehead atoms. The van der Waals surface area contributed by atoms with Crippen LogP contribution in [0.15, 0.2) is 41.3 Å². The first-order chi connectivity index (χ1) is 9.95. The lowest BCUT2D eigenvalue weighted by atomic mass is 10.3. The van der Waals surface area contributed by atoms with Gasteiger partial charge >= 0.3 is 0 Å². The number of hydrogen-bond acceptors (Lipinski definition) is 3. The van der Waals surface area contributed by atoms with E-state index < -0.39 is 0 Å². The molecule has 2 rings (SSSR count). The lowest BCUT2D eigenvalue weighted by Crippen LogP contribution is -2.14. The second kappa shape index (κ2) is 7.27. The Bertz CT molecular complexity index is 639. The van der Waals surface area contributed by atoms with Gasteiger partial charge in [-0.25, -0.2) is 0 Å². The van der Waals surface area contributed by atoms with E-state index in [-0.39, 0.29) is 27.5 Å². The number of hydrogen-bond donors (Lipinski definition) is 2. The van der Waals surface area contributed by atoms with E-state index in [4.69, 9.17) is 34.8 Å². The van der Waals surface area contributed by atoms with Gasteiger partial charge in [-0.05, 0) is 36.4 Å². The van der Waals surface area contributed by atoms with Gasteiger partial charge in [0.15, 0.2) is 0 Å². The monoisotopic (exact) mass is 361 g/mol. The zero-order valence-corrected chi connectivity index (χ0v) is 13.7. The molecule has 7 heteroatoms. The number of phenols is 1. The van der Waals surface area contributed by atoms with Crippen LogP contribution in [-0.2, 0) is 4.79 Å². The SMILES string of the molecule is O=C(CSc1ccc(O)cc1)Nc1c(Cl)cc(Cl)cc1Cl. The van der Waals surface area contributed by atoms with Gasteiger partial charge in [0.25, 0.3) is 0 Å². The summed E-state index contributed by atoms with van der Waals surface area (Å²) < 4.78 is 0. The number of carbonyl (C=O) groups is 1. The summed E-state index contributed by atoms with van der Waals surface area (Å²) in [5, 5.41) is 12.8. The van der Waals surface area contributed by atoms with Crippen LogP contribution in [-0.4, -0.2) is 16.8 Å². The van der Waals surface area contributed by atoms with Gasteiger partial charge in [0, 0.05) is 9.92 Å². The summed E-state index contributed by atoms with van der Waals surface area (Å²) >= 11 is 19.1. The highest BCUT2D eigenvalue weighted by molar-refractivity contribution is 8.00. The van der Waals surface area contributed by atoms with E-state index in [1.54, 1.807) is 24.3 Å². The normalized spacial score (nSPS) is 10.4. The summed E-state index contributed by atoms with van der Waals surface area (Å²) in [7, 11) is 0. The van der Waals surface area contributed by atoms with Gasteiger partial charge in [-0.2, -0.15) is 0 Å². The third kappa shape index (κ3) is 4.71. The van der Waals surface area contributed by atoms with Gasteiger partial charge in [-0.1, -0.05) is 34.8 Å². The van der Waals surface area contributed by atoms with E-state index in [0.717, 1.165) is 4.90 Å². The number of carbonyl (C=O) groups excluding carboxylic acids is 1. The van der Waals surface area contributed by atoms with Crippen molar-refractivity contribution in [1.82, 2.24) is 0 Å². The Morgan fingerprint density at radius 2 is 1.67 bits per heavy atom. The smallest absolute Gasteiger partial charge is 0.234 e. The van der Waals surface area contributed by atoms with Gasteiger partial charge in [-0.3, -0.25) is 4.79 Å². The molecule has 1 amide bonds. The molecule has 0 aliphatic rings. The van der Waals surface area contributed by atoms with Crippen LogP contribution in [0, 0.1) is 0 Å². The Morgan fingerprint density at radius 1 is 1.10 bits per heavy atom. The maximum Gasteiger partial charge on any atom is 0.234 e. The Morgan fingerprint density at radius 3 is 2.24 bits per heavy atom. The summed E-state index contributed by atoms with van der Waals surface area (Å²) in [6.07, 6.45) is 0. The lowest BCUT2D eigenvalue weighted by Gasteiger charge is -2.09. The summed E-state index contributed by atoms with van der Waals surface area (Å²) in [6.45, 7) is 0. The van der Waals surface area contributed by atoms with Crippen molar-refractivity contribution in [1.29, 1.82) is 0 Å². The molecule has 0 heterocycles. The van der Waals surface area contributed by atoms with Crippen LogP contribution in [0.25, 0.3) is 0 Å². The molecule has 0 aliphatic heterocycles. The zero-order valence-electron chi connectivity index (χ0n) is 10.6. The maximum atomic E-state index is 11.9. The first kappa shape index (κ1) is 16.3. The quantitative estimate of drug-likeness (QED) is 0.745. The number of anilines is 1. The van der Waals surface area contributed by atoms with E-state index in [1.807, 2.05) is 0 Å². The molecule has 0 atom stereocenters. The van der Waals surface area contributed by atoms with Crippen LogP contribution in [0.3, 0.4) is 0 Å². The van der Waals surface area contributed by atoms with Gasteiger partial charge in [0.2, 0.25) is 5.91 Å². The van der Waals surface area contributed by atoms with Gasteiger partial charge in [-0.15, -0.1) is 11.8 Å². The molecule has 2 aromatic carbocycles. The van der Waals surface area contributed by atoms with Crippen molar-refractivity contribution in [2.75, 3.05) is 11.1 Å². The van der Waals surface area contributed by atoms with Crippen molar-refractivity contribution in [3.8, 4) is 5.75 Å². The summed E-state index contributed by atoms with van der Waals surface area (Å²) in [4.78, 5) is 12.8. The highest BCUT2D eigenvalue weighted by Gasteiger charge is 2.11. The van der Waals surface area contributed by atoms with Crippen molar-refractivity contribution in [2.45, 2.75) is 4.90 Å². The number of benzene rings is 2. The topological polar surface area (TPSA) is 49.3 Å². The number of thioether (sulfide) groups is 1. The van der Waals surface area contributed by atoms with Crippen LogP contribution in [0.5, 0.6) is 5.75 Å². The second-order valence-corrected chi connectivity index (χ2v) is 6.37. The molecule has 110 valence electrons. The molecule has 0 spiro atoms. The highest BCUT2D eigenvalue weighted by Crippen LogP contribution is 2.33. The molecule has 0 saturated heterocycles. The van der Waals surface area contributed by atoms with Crippen molar-refractivity contribution >= 4 is 58.2 Å². The van der Waals surface area contributed by atoms with Crippen LogP contribution in [0.4, 0.5) is 5.69 Å². The molecule has 0 aliphatic carbocycles. The van der Waals surface area contributed by atoms with Crippen molar-refractivity contribution in [3.05, 3.63) is 51.5 Å².